The van der Waals surface area contributed by atoms with Crippen molar-refractivity contribution in [1.82, 2.24) is 4.98 Å². The van der Waals surface area contributed by atoms with E-state index in [1.807, 2.05) is 35.7 Å². The Bertz CT molecular complexity index is 1190. The second-order valence-corrected chi connectivity index (χ2v) is 8.55. The van der Waals surface area contributed by atoms with Gasteiger partial charge in [-0.25, -0.2) is 4.98 Å². The number of hydrogen-bond donors (Lipinski definition) is 1. The number of thiazole rings is 1. The number of anilines is 1. The number of rotatable bonds is 7. The molecule has 0 amide bonds. The lowest BCUT2D eigenvalue weighted by molar-refractivity contribution is 0.306. The lowest BCUT2D eigenvalue weighted by atomic mass is 10.2. The summed E-state index contributed by atoms with van der Waals surface area (Å²) in [5, 5.41) is 8.63. The van der Waals surface area contributed by atoms with Crippen LogP contribution in [0, 0.1) is 0 Å². The molecule has 0 unspecified atom stereocenters. The number of halogens is 3. The van der Waals surface area contributed by atoms with Gasteiger partial charge in [0.05, 0.1) is 11.9 Å². The molecule has 0 saturated carbocycles. The summed E-state index contributed by atoms with van der Waals surface area (Å²) >= 11 is 20.1. The summed E-state index contributed by atoms with van der Waals surface area (Å²) < 4.78 is 5.94. The molecule has 156 valence electrons. The van der Waals surface area contributed by atoms with Crippen molar-refractivity contribution in [2.45, 2.75) is 6.61 Å². The van der Waals surface area contributed by atoms with Crippen molar-refractivity contribution in [3.8, 4) is 17.0 Å². The quantitative estimate of drug-likeness (QED) is 0.213. The molecular formula is C23H16Cl3N3OS. The van der Waals surface area contributed by atoms with Crippen molar-refractivity contribution in [3.05, 3.63) is 98.3 Å². The first-order chi connectivity index (χ1) is 15.1. The molecule has 0 radical (unpaired) electrons. The van der Waals surface area contributed by atoms with E-state index in [2.05, 4.69) is 15.5 Å². The minimum Gasteiger partial charge on any atom is -0.488 e. The smallest absolute Gasteiger partial charge is 0.203 e. The normalized spacial score (nSPS) is 11.1. The number of benzene rings is 3. The van der Waals surface area contributed by atoms with E-state index in [0.29, 0.717) is 31.5 Å². The van der Waals surface area contributed by atoms with Crippen LogP contribution in [-0.4, -0.2) is 11.2 Å². The molecule has 4 nitrogen and oxygen atoms in total. The monoisotopic (exact) mass is 487 g/mol. The van der Waals surface area contributed by atoms with Gasteiger partial charge in [0, 0.05) is 37.1 Å². The zero-order valence-electron chi connectivity index (χ0n) is 16.1. The van der Waals surface area contributed by atoms with Gasteiger partial charge in [0.15, 0.2) is 0 Å². The lowest BCUT2D eigenvalue weighted by Crippen LogP contribution is -2.00. The predicted molar refractivity (Wildman–Crippen MR) is 131 cm³/mol. The van der Waals surface area contributed by atoms with Crippen LogP contribution in [0.15, 0.2) is 77.2 Å². The molecule has 8 heteroatoms. The number of nitrogens with one attached hydrogen (secondary N) is 1. The molecule has 1 N–H and O–H groups in total. The topological polar surface area (TPSA) is 46.5 Å². The maximum atomic E-state index is 6.23. The highest BCUT2D eigenvalue weighted by Crippen LogP contribution is 2.28. The number of hydrazone groups is 1. The molecular weight excluding hydrogens is 473 g/mol. The van der Waals surface area contributed by atoms with Gasteiger partial charge in [0.25, 0.3) is 0 Å². The van der Waals surface area contributed by atoms with E-state index >= 15 is 0 Å². The average Bonchev–Trinajstić information content (AvgIpc) is 3.24. The van der Waals surface area contributed by atoms with E-state index in [9.17, 15) is 0 Å². The van der Waals surface area contributed by atoms with E-state index < -0.39 is 0 Å². The molecule has 0 fully saturated rings. The number of hydrogen-bond acceptors (Lipinski definition) is 5. The fourth-order valence-electron chi connectivity index (χ4n) is 2.80. The number of ether oxygens (including phenoxy) is 1. The highest BCUT2D eigenvalue weighted by atomic mass is 35.5. The van der Waals surface area contributed by atoms with E-state index in [4.69, 9.17) is 39.5 Å². The first kappa shape index (κ1) is 21.7. The zero-order chi connectivity index (χ0) is 21.6. The van der Waals surface area contributed by atoms with Crippen molar-refractivity contribution in [2.24, 2.45) is 5.10 Å². The van der Waals surface area contributed by atoms with Gasteiger partial charge in [-0.1, -0.05) is 71.2 Å². The van der Waals surface area contributed by atoms with Gasteiger partial charge in [-0.3, -0.25) is 5.43 Å². The predicted octanol–water partition coefficient (Wildman–Crippen LogP) is 7.80. The molecule has 4 rings (SSSR count). The van der Waals surface area contributed by atoms with Crippen LogP contribution in [0.1, 0.15) is 11.1 Å². The molecule has 0 spiro atoms. The Balaban J connectivity index is 1.46. The van der Waals surface area contributed by atoms with Gasteiger partial charge in [-0.05, 0) is 30.3 Å². The fourth-order valence-corrected chi connectivity index (χ4v) is 4.15. The van der Waals surface area contributed by atoms with Crippen LogP contribution in [0.2, 0.25) is 15.1 Å². The Morgan fingerprint density at radius 3 is 2.52 bits per heavy atom. The molecule has 0 saturated heterocycles. The fraction of sp³-hybridized carbons (Fsp3) is 0.0435. The van der Waals surface area contributed by atoms with Crippen LogP contribution in [0.25, 0.3) is 11.3 Å². The molecule has 0 aliphatic rings. The van der Waals surface area contributed by atoms with Crippen molar-refractivity contribution < 1.29 is 4.74 Å². The van der Waals surface area contributed by atoms with Crippen molar-refractivity contribution in [1.29, 1.82) is 0 Å². The molecule has 0 aliphatic heterocycles. The third-order valence-corrected chi connectivity index (χ3v) is 6.03. The molecule has 4 aromatic rings. The van der Waals surface area contributed by atoms with Crippen LogP contribution < -0.4 is 10.2 Å². The Morgan fingerprint density at radius 1 is 0.968 bits per heavy atom. The third-order valence-electron chi connectivity index (χ3n) is 4.34. The van der Waals surface area contributed by atoms with E-state index in [1.165, 1.54) is 11.3 Å². The van der Waals surface area contributed by atoms with Crippen LogP contribution in [0.4, 0.5) is 5.13 Å². The minimum atomic E-state index is 0.224. The number of nitrogens with zero attached hydrogens (tertiary/aromatic N) is 2. The first-order valence-corrected chi connectivity index (χ1v) is 11.3. The number of aromatic nitrogens is 1. The summed E-state index contributed by atoms with van der Waals surface area (Å²) in [6.07, 6.45) is 1.64. The second kappa shape index (κ2) is 10.2. The SMILES string of the molecule is Clc1ccc(OCc2c(Cl)cccc2Cl)c(C=NNc2nc(-c3ccccc3)cs2)c1. The van der Waals surface area contributed by atoms with Gasteiger partial charge >= 0.3 is 0 Å². The summed E-state index contributed by atoms with van der Waals surface area (Å²) in [5.41, 5.74) is 6.34. The van der Waals surface area contributed by atoms with Crippen LogP contribution in [0.3, 0.4) is 0 Å². The van der Waals surface area contributed by atoms with Gasteiger partial charge in [0.2, 0.25) is 5.13 Å². The van der Waals surface area contributed by atoms with Gasteiger partial charge < -0.3 is 4.74 Å². The van der Waals surface area contributed by atoms with Gasteiger partial charge in [-0.2, -0.15) is 5.10 Å². The first-order valence-electron chi connectivity index (χ1n) is 9.25. The standard InChI is InChI=1S/C23H16Cl3N3OS/c24-17-9-10-22(30-13-18-19(25)7-4-8-20(18)26)16(11-17)12-27-29-23-28-21(14-31-23)15-5-2-1-3-6-15/h1-12,14H,13H2,(H,28,29). The minimum absolute atomic E-state index is 0.224. The molecule has 0 atom stereocenters. The average molecular weight is 489 g/mol. The Labute approximate surface area is 199 Å². The highest BCUT2D eigenvalue weighted by molar-refractivity contribution is 7.14. The second-order valence-electron chi connectivity index (χ2n) is 6.44. The zero-order valence-corrected chi connectivity index (χ0v) is 19.1. The Morgan fingerprint density at radius 2 is 1.74 bits per heavy atom. The van der Waals surface area contributed by atoms with Crippen molar-refractivity contribution in [3.63, 3.8) is 0 Å². The van der Waals surface area contributed by atoms with E-state index in [1.54, 1.807) is 42.6 Å². The van der Waals surface area contributed by atoms with E-state index in [-0.39, 0.29) is 6.61 Å². The highest BCUT2D eigenvalue weighted by Gasteiger charge is 2.09. The Kier molecular flexibility index (Phi) is 7.10. The molecule has 0 aliphatic carbocycles. The molecule has 0 bridgehead atoms. The maximum Gasteiger partial charge on any atom is 0.203 e. The Hall–Kier alpha value is -2.57. The summed E-state index contributed by atoms with van der Waals surface area (Å²) in [7, 11) is 0. The largest absolute Gasteiger partial charge is 0.488 e. The van der Waals surface area contributed by atoms with Crippen LogP contribution in [0.5, 0.6) is 5.75 Å². The summed E-state index contributed by atoms with van der Waals surface area (Å²) in [4.78, 5) is 4.55. The molecule has 1 aromatic heterocycles. The molecule has 1 heterocycles. The van der Waals surface area contributed by atoms with Crippen LogP contribution in [-0.2, 0) is 6.61 Å². The molecule has 31 heavy (non-hydrogen) atoms. The third kappa shape index (κ3) is 5.57. The summed E-state index contributed by atoms with van der Waals surface area (Å²) in [5.74, 6) is 0.607. The van der Waals surface area contributed by atoms with Gasteiger partial charge in [0.1, 0.15) is 12.4 Å². The van der Waals surface area contributed by atoms with Crippen LogP contribution >= 0.6 is 46.1 Å². The summed E-state index contributed by atoms with van der Waals surface area (Å²) in [6.45, 7) is 0.224. The molecule has 3 aromatic carbocycles. The maximum absolute atomic E-state index is 6.23. The van der Waals surface area contributed by atoms with Crippen molar-refractivity contribution in [2.75, 3.05) is 5.43 Å². The van der Waals surface area contributed by atoms with E-state index in [0.717, 1.165) is 16.8 Å². The van der Waals surface area contributed by atoms with Gasteiger partial charge in [-0.15, -0.1) is 11.3 Å². The lowest BCUT2D eigenvalue weighted by Gasteiger charge is -2.11. The van der Waals surface area contributed by atoms with Crippen molar-refractivity contribution >= 4 is 57.5 Å². The summed E-state index contributed by atoms with van der Waals surface area (Å²) in [6, 6.07) is 20.6.